The third kappa shape index (κ3) is 8.60. The Hall–Kier alpha value is -3.61. The first-order valence-electron chi connectivity index (χ1n) is 20.6. The lowest BCUT2D eigenvalue weighted by Gasteiger charge is -2.56. The highest BCUT2D eigenvalue weighted by Gasteiger charge is 2.64. The van der Waals surface area contributed by atoms with Gasteiger partial charge in [-0.05, 0) is 135 Å². The first kappa shape index (κ1) is 44.5. The van der Waals surface area contributed by atoms with E-state index in [2.05, 4.69) is 104 Å². The molecular weight excluding hydrogens is 743 g/mol. The molecule has 7 rings (SSSR count). The van der Waals surface area contributed by atoms with Crippen LogP contribution >= 0.6 is 0 Å². The van der Waals surface area contributed by atoms with E-state index < -0.39 is 22.7 Å². The van der Waals surface area contributed by atoms with E-state index in [0.29, 0.717) is 22.0 Å². The molecule has 0 amide bonds. The van der Waals surface area contributed by atoms with Gasteiger partial charge in [0.15, 0.2) is 28.1 Å². The Kier molecular flexibility index (Phi) is 12.9. The van der Waals surface area contributed by atoms with Crippen molar-refractivity contribution in [1.29, 1.82) is 0 Å². The Morgan fingerprint density at radius 1 is 0.789 bits per heavy atom. The molecule has 5 atom stereocenters. The lowest BCUT2D eigenvalue weighted by Crippen LogP contribution is -2.64. The van der Waals surface area contributed by atoms with Gasteiger partial charge in [-0.3, -0.25) is 0 Å². The largest absolute Gasteiger partial charge is 0.508 e. The molecule has 2 aliphatic heterocycles. The van der Waals surface area contributed by atoms with Gasteiger partial charge in [0.25, 0.3) is 0 Å². The molecule has 310 valence electrons. The van der Waals surface area contributed by atoms with Crippen LogP contribution in [0, 0.1) is 5.92 Å². The second kappa shape index (κ2) is 16.6. The van der Waals surface area contributed by atoms with Gasteiger partial charge in [-0.2, -0.15) is 0 Å². The van der Waals surface area contributed by atoms with Crippen LogP contribution < -0.4 is 9.47 Å². The van der Waals surface area contributed by atoms with Gasteiger partial charge in [-0.15, -0.1) is 0 Å². The van der Waals surface area contributed by atoms with Gasteiger partial charge in [0.2, 0.25) is 0 Å². The summed E-state index contributed by atoms with van der Waals surface area (Å²) in [5.74, 6) is 2.61. The van der Waals surface area contributed by atoms with E-state index in [1.165, 1.54) is 11.1 Å². The van der Waals surface area contributed by atoms with Crippen molar-refractivity contribution >= 4 is 27.8 Å². The van der Waals surface area contributed by atoms with Gasteiger partial charge < -0.3 is 33.8 Å². The zero-order valence-corrected chi connectivity index (χ0v) is 39.0. The smallest absolute Gasteiger partial charge is 0.178 e. The van der Waals surface area contributed by atoms with Crippen molar-refractivity contribution in [2.24, 2.45) is 5.92 Å². The van der Waals surface area contributed by atoms with Crippen LogP contribution in [-0.4, -0.2) is 75.8 Å². The number of benzene rings is 3. The number of nitrogens with zero attached hydrogens (tertiary/aromatic N) is 1. The van der Waals surface area contributed by atoms with E-state index in [4.69, 9.17) is 13.6 Å². The number of likely N-dealkylation sites (N-methyl/N-ethyl adjacent to an activating group) is 1. The normalized spacial score (nSPS) is 24.3. The highest BCUT2D eigenvalue weighted by Crippen LogP contribution is 2.62. The number of phenolic OH excluding ortho intramolecular Hbond substituents is 2. The van der Waals surface area contributed by atoms with Crippen LogP contribution in [0.5, 0.6) is 23.0 Å². The van der Waals surface area contributed by atoms with E-state index in [9.17, 15) is 15.3 Å². The number of likely N-dealkylation sites (tertiary alicyclic amines) is 1. The average molecular weight is 812 g/mol. The highest BCUT2D eigenvalue weighted by molar-refractivity contribution is 6.87. The summed E-state index contributed by atoms with van der Waals surface area (Å²) < 4.78 is 18.5. The number of aliphatic hydroxyl groups excluding tert-OH is 1. The summed E-state index contributed by atoms with van der Waals surface area (Å²) in [4.78, 5) is 2.47. The lowest BCUT2D eigenvalue weighted by atomic mass is 9.53. The Morgan fingerprint density at radius 3 is 1.72 bits per heavy atom. The maximum absolute atomic E-state index is 10.6. The molecule has 0 aromatic heterocycles. The molecule has 7 nitrogen and oxygen atoms in total. The minimum absolute atomic E-state index is 0.0806. The fourth-order valence-electron chi connectivity index (χ4n) is 8.57. The number of piperidine rings is 1. The molecule has 1 saturated heterocycles. The molecule has 3 N–H and O–H groups in total. The van der Waals surface area contributed by atoms with E-state index >= 15 is 0 Å². The first-order chi connectivity index (χ1) is 26.5. The number of aliphatic hydroxyl groups is 1. The number of allylic oxidation sites excluding steroid dienone is 4. The van der Waals surface area contributed by atoms with Crippen molar-refractivity contribution in [3.63, 3.8) is 0 Å². The van der Waals surface area contributed by atoms with Gasteiger partial charge >= 0.3 is 0 Å². The van der Waals surface area contributed by atoms with Crippen molar-refractivity contribution < 1.29 is 28.9 Å². The van der Waals surface area contributed by atoms with Gasteiger partial charge in [0.05, 0.1) is 7.11 Å². The minimum Gasteiger partial charge on any atom is -0.508 e. The molecule has 0 unspecified atom stereocenters. The molecule has 1 spiro atoms. The molecule has 3 aromatic carbocycles. The lowest BCUT2D eigenvalue weighted by molar-refractivity contribution is -0.0453. The van der Waals surface area contributed by atoms with Crippen molar-refractivity contribution in [1.82, 2.24) is 4.90 Å². The highest BCUT2D eigenvalue weighted by atomic mass is 28.4. The van der Waals surface area contributed by atoms with Crippen LogP contribution in [0.25, 0.3) is 11.1 Å². The number of ether oxygens (including phenoxy) is 2. The van der Waals surface area contributed by atoms with Gasteiger partial charge in [0, 0.05) is 22.9 Å². The number of rotatable bonds is 6. The van der Waals surface area contributed by atoms with Crippen LogP contribution in [0.3, 0.4) is 0 Å². The number of hydrogen-bond acceptors (Lipinski definition) is 7. The number of phenols is 2. The summed E-state index contributed by atoms with van der Waals surface area (Å²) in [5.41, 5.74) is 6.89. The van der Waals surface area contributed by atoms with E-state index in [0.717, 1.165) is 53.2 Å². The molecule has 2 bridgehead atoms. The third-order valence-corrected chi connectivity index (χ3v) is 25.0. The molecule has 0 saturated carbocycles. The SMILES string of the molecule is C/C=C(/C(=C/C)c1ccc(O)cc1)c1ccc(O)cc1.CC(C)(C)[Si](C)(C)O[Si](C)(C)C(C)(C)C.COc1ccc2c3c1O[C@H]1[C@@H](O)C=C[C@H]4[C@@H](C2)N(C)CC[C@@]341. The molecule has 4 aliphatic rings. The maximum atomic E-state index is 10.6. The van der Waals surface area contributed by atoms with Crippen LogP contribution in [0.1, 0.15) is 84.1 Å². The van der Waals surface area contributed by atoms with Crippen molar-refractivity contribution in [3.05, 3.63) is 107 Å². The van der Waals surface area contributed by atoms with Crippen molar-refractivity contribution in [2.75, 3.05) is 20.7 Å². The number of aromatic hydroxyl groups is 2. The fraction of sp³-hybridized carbons (Fsp3) is 0.500. The zero-order chi connectivity index (χ0) is 42.3. The molecule has 0 radical (unpaired) electrons. The van der Waals surface area contributed by atoms with Gasteiger partial charge in [0.1, 0.15) is 23.7 Å². The second-order valence-electron chi connectivity index (χ2n) is 19.2. The Morgan fingerprint density at radius 2 is 1.28 bits per heavy atom. The summed E-state index contributed by atoms with van der Waals surface area (Å²) in [5, 5.41) is 30.0. The minimum atomic E-state index is -1.59. The van der Waals surface area contributed by atoms with Gasteiger partial charge in [-0.25, -0.2) is 0 Å². The Bertz CT molecular complexity index is 1890. The average Bonchev–Trinajstić information content (AvgIpc) is 3.49. The Labute approximate surface area is 345 Å². The van der Waals surface area contributed by atoms with Crippen LogP contribution in [0.2, 0.25) is 36.3 Å². The maximum Gasteiger partial charge on any atom is 0.178 e. The summed E-state index contributed by atoms with van der Waals surface area (Å²) in [6.07, 6.45) is 9.64. The van der Waals surface area contributed by atoms with E-state index in [1.807, 2.05) is 50.3 Å². The van der Waals surface area contributed by atoms with Gasteiger partial charge in [-0.1, -0.05) is 96.2 Å². The number of hydrogen-bond donors (Lipinski definition) is 3. The number of methoxy groups -OCH3 is 1. The predicted octanol–water partition coefficient (Wildman–Crippen LogP) is 11.1. The standard InChI is InChI=1S/C18H21NO3.C18H18O2.C12H30OSi2/c1-19-8-7-18-11-4-5-13(20)17(18)22-16-14(21-2)6-3-10(15(16)18)9-12(11)19;1-3-17(13-5-9-15(19)10-6-13)18(4-2)14-7-11-16(20)12-8-14;1-11(2,3)14(7,8)13-15(9,10)12(4,5)6/h3-6,11-13,17,20H,7-9H2,1-2H3;3-12,19-20H,1-2H3;1-10H3/b;17-3+,18-4+;/t11-,12+,13-,17-,18-;;/m0../s1. The molecule has 9 heteroatoms. The van der Waals surface area contributed by atoms with E-state index in [1.54, 1.807) is 31.4 Å². The van der Waals surface area contributed by atoms with Crippen molar-refractivity contribution in [2.45, 2.75) is 128 Å². The summed E-state index contributed by atoms with van der Waals surface area (Å²) in [7, 11) is 0.730. The van der Waals surface area contributed by atoms with Crippen LogP contribution in [-0.2, 0) is 16.0 Å². The molecular formula is C48H69NO6Si2. The molecule has 2 aliphatic carbocycles. The zero-order valence-electron chi connectivity index (χ0n) is 37.0. The van der Waals surface area contributed by atoms with E-state index in [-0.39, 0.29) is 23.0 Å². The monoisotopic (exact) mass is 811 g/mol. The van der Waals surface area contributed by atoms with Crippen LogP contribution in [0.4, 0.5) is 0 Å². The predicted molar refractivity (Wildman–Crippen MR) is 241 cm³/mol. The van der Waals surface area contributed by atoms with Crippen LogP contribution in [0.15, 0.2) is 85.0 Å². The molecule has 3 aromatic rings. The topological polar surface area (TPSA) is 91.6 Å². The third-order valence-electron chi connectivity index (χ3n) is 13.7. The first-order valence-corrected chi connectivity index (χ1v) is 26.4. The Balaban J connectivity index is 0.000000167. The molecule has 57 heavy (non-hydrogen) atoms. The van der Waals surface area contributed by atoms with Crippen molar-refractivity contribution in [3.8, 4) is 23.0 Å². The fourth-order valence-corrected chi connectivity index (χ4v) is 16.1. The molecule has 2 heterocycles. The quantitative estimate of drug-likeness (QED) is 0.130. The summed E-state index contributed by atoms with van der Waals surface area (Å²) in [6.45, 7) is 28.3. The molecule has 1 fully saturated rings. The second-order valence-corrected chi connectivity index (χ2v) is 29.1. The summed E-state index contributed by atoms with van der Waals surface area (Å²) >= 11 is 0. The summed E-state index contributed by atoms with van der Waals surface area (Å²) in [6, 6.07) is 19.0.